The number of rotatable bonds is 9. The third kappa shape index (κ3) is 4.88. The number of nitrogens with zero attached hydrogens (tertiary/aromatic N) is 2. The first-order valence-corrected chi connectivity index (χ1v) is 11.0. The van der Waals surface area contributed by atoms with E-state index in [1.165, 1.54) is 37.1 Å². The molecule has 0 N–H and O–H groups in total. The van der Waals surface area contributed by atoms with Gasteiger partial charge in [-0.2, -0.15) is 0 Å². The lowest BCUT2D eigenvalue weighted by molar-refractivity contribution is 0.000114. The molecule has 30 heavy (non-hydrogen) atoms. The van der Waals surface area contributed by atoms with Gasteiger partial charge >= 0.3 is 0 Å². The van der Waals surface area contributed by atoms with Crippen molar-refractivity contribution < 1.29 is 9.47 Å². The third-order valence-electron chi connectivity index (χ3n) is 6.83. The lowest BCUT2D eigenvalue weighted by atomic mass is 9.75. The van der Waals surface area contributed by atoms with Crippen LogP contribution >= 0.6 is 0 Å². The van der Waals surface area contributed by atoms with E-state index in [2.05, 4.69) is 71.0 Å². The van der Waals surface area contributed by atoms with Crippen LogP contribution in [0.5, 0.6) is 11.5 Å². The smallest absolute Gasteiger partial charge is 0.118 e. The SMILES string of the molecule is C=C[C@H]1CN2CC[C@@H]1C[C@H]2CN(Cc1ccc(OC)cc1)Cc1ccc(OC)cc1. The highest BCUT2D eigenvalue weighted by Crippen LogP contribution is 2.37. The topological polar surface area (TPSA) is 24.9 Å². The molecule has 3 heterocycles. The first kappa shape index (κ1) is 21.0. The molecule has 4 atom stereocenters. The Kier molecular flexibility index (Phi) is 6.76. The van der Waals surface area contributed by atoms with Crippen molar-refractivity contribution in [1.29, 1.82) is 0 Å². The Morgan fingerprint density at radius 2 is 1.53 bits per heavy atom. The van der Waals surface area contributed by atoms with Crippen LogP contribution in [0.15, 0.2) is 61.2 Å². The maximum absolute atomic E-state index is 5.33. The summed E-state index contributed by atoms with van der Waals surface area (Å²) in [5.41, 5.74) is 2.65. The van der Waals surface area contributed by atoms with Gasteiger partial charge in [-0.05, 0) is 66.6 Å². The Hall–Kier alpha value is -2.30. The molecule has 3 fully saturated rings. The first-order chi connectivity index (χ1) is 14.7. The second kappa shape index (κ2) is 9.67. The average molecular weight is 407 g/mol. The quantitative estimate of drug-likeness (QED) is 0.568. The standard InChI is InChI=1S/C26H34N2O2/c1-4-22-18-28-14-13-23(22)15-24(28)19-27(16-20-5-9-25(29-2)10-6-20)17-21-7-11-26(30-3)12-8-21/h4-12,22-24H,1,13-19H2,2-3H3/t22-,23+,24-/m0/s1. The number of piperidine rings is 3. The number of benzene rings is 2. The van der Waals surface area contributed by atoms with E-state index in [0.29, 0.717) is 12.0 Å². The Labute approximate surface area is 181 Å². The van der Waals surface area contributed by atoms with Crippen LogP contribution in [-0.4, -0.2) is 49.7 Å². The van der Waals surface area contributed by atoms with Crippen molar-refractivity contribution in [3.8, 4) is 11.5 Å². The van der Waals surface area contributed by atoms with Crippen molar-refractivity contribution in [1.82, 2.24) is 9.80 Å². The van der Waals surface area contributed by atoms with Crippen molar-refractivity contribution >= 4 is 0 Å². The van der Waals surface area contributed by atoms with Crippen molar-refractivity contribution in [2.45, 2.75) is 32.0 Å². The van der Waals surface area contributed by atoms with Gasteiger partial charge in [0, 0.05) is 32.2 Å². The van der Waals surface area contributed by atoms with Crippen LogP contribution in [0, 0.1) is 11.8 Å². The van der Waals surface area contributed by atoms with E-state index in [9.17, 15) is 0 Å². The van der Waals surface area contributed by atoms with E-state index >= 15 is 0 Å². The van der Waals surface area contributed by atoms with Gasteiger partial charge in [0.1, 0.15) is 11.5 Å². The zero-order valence-electron chi connectivity index (χ0n) is 18.3. The van der Waals surface area contributed by atoms with Crippen molar-refractivity contribution in [3.63, 3.8) is 0 Å². The zero-order valence-corrected chi connectivity index (χ0v) is 18.3. The summed E-state index contributed by atoms with van der Waals surface area (Å²) in [6, 6.07) is 17.6. The fourth-order valence-corrected chi connectivity index (χ4v) is 5.10. The molecule has 0 aliphatic carbocycles. The van der Waals surface area contributed by atoms with Crippen molar-refractivity contribution in [3.05, 3.63) is 72.3 Å². The summed E-state index contributed by atoms with van der Waals surface area (Å²) >= 11 is 0. The molecule has 2 aromatic carbocycles. The summed E-state index contributed by atoms with van der Waals surface area (Å²) in [7, 11) is 3.43. The van der Waals surface area contributed by atoms with E-state index in [-0.39, 0.29) is 0 Å². The molecule has 0 radical (unpaired) electrons. The highest BCUT2D eigenvalue weighted by molar-refractivity contribution is 5.28. The first-order valence-electron chi connectivity index (χ1n) is 11.0. The molecule has 0 amide bonds. The van der Waals surface area contributed by atoms with Crippen LogP contribution in [0.3, 0.4) is 0 Å². The highest BCUT2D eigenvalue weighted by atomic mass is 16.5. The van der Waals surface area contributed by atoms with E-state index in [1.54, 1.807) is 14.2 Å². The normalized spacial score (nSPS) is 25.3. The van der Waals surface area contributed by atoms with Gasteiger partial charge in [0.05, 0.1) is 14.2 Å². The van der Waals surface area contributed by atoms with E-state index < -0.39 is 0 Å². The van der Waals surface area contributed by atoms with Crippen molar-refractivity contribution in [2.24, 2.45) is 11.8 Å². The van der Waals surface area contributed by atoms with Crippen LogP contribution in [-0.2, 0) is 13.1 Å². The van der Waals surface area contributed by atoms with Gasteiger partial charge in [0.25, 0.3) is 0 Å². The van der Waals surface area contributed by atoms with Crippen LogP contribution in [0.2, 0.25) is 0 Å². The Balaban J connectivity index is 1.48. The van der Waals surface area contributed by atoms with Gasteiger partial charge in [-0.15, -0.1) is 6.58 Å². The van der Waals surface area contributed by atoms with E-state index in [0.717, 1.165) is 37.1 Å². The summed E-state index contributed by atoms with van der Waals surface area (Å²) in [4.78, 5) is 5.29. The second-order valence-electron chi connectivity index (χ2n) is 8.70. The van der Waals surface area contributed by atoms with Gasteiger partial charge in [0.2, 0.25) is 0 Å². The molecular formula is C26H34N2O2. The highest BCUT2D eigenvalue weighted by Gasteiger charge is 2.39. The minimum atomic E-state index is 0.636. The molecule has 2 aromatic rings. The van der Waals surface area contributed by atoms with E-state index in [1.807, 2.05) is 0 Å². The lowest BCUT2D eigenvalue weighted by Crippen LogP contribution is -2.56. The fraction of sp³-hybridized carbons (Fsp3) is 0.462. The number of fused-ring (bicyclic) bond motifs is 3. The zero-order chi connectivity index (χ0) is 20.9. The molecule has 4 heteroatoms. The molecule has 0 spiro atoms. The number of hydrogen-bond donors (Lipinski definition) is 0. The van der Waals surface area contributed by atoms with E-state index in [4.69, 9.17) is 9.47 Å². The van der Waals surface area contributed by atoms with Gasteiger partial charge in [-0.1, -0.05) is 30.3 Å². The molecule has 160 valence electrons. The van der Waals surface area contributed by atoms with Gasteiger partial charge in [-0.25, -0.2) is 0 Å². The molecule has 0 aromatic heterocycles. The van der Waals surface area contributed by atoms with Crippen LogP contribution in [0.4, 0.5) is 0 Å². The van der Waals surface area contributed by atoms with Gasteiger partial charge < -0.3 is 9.47 Å². The Bertz CT molecular complexity index is 768. The number of methoxy groups -OCH3 is 2. The summed E-state index contributed by atoms with van der Waals surface area (Å²) in [5.74, 6) is 3.30. The predicted octanol–water partition coefficient (Wildman–Crippen LogP) is 4.60. The summed E-state index contributed by atoms with van der Waals surface area (Å²) in [6.45, 7) is 9.46. The largest absolute Gasteiger partial charge is 0.497 e. The number of ether oxygens (including phenoxy) is 2. The molecule has 3 aliphatic rings. The van der Waals surface area contributed by atoms with Gasteiger partial charge in [-0.3, -0.25) is 9.80 Å². The second-order valence-corrected chi connectivity index (χ2v) is 8.70. The van der Waals surface area contributed by atoms with Crippen LogP contribution in [0.25, 0.3) is 0 Å². The molecule has 1 unspecified atom stereocenters. The van der Waals surface area contributed by atoms with Crippen molar-refractivity contribution in [2.75, 3.05) is 33.9 Å². The minimum Gasteiger partial charge on any atom is -0.497 e. The maximum Gasteiger partial charge on any atom is 0.118 e. The Morgan fingerprint density at radius 1 is 0.967 bits per heavy atom. The molecule has 0 saturated carbocycles. The Morgan fingerprint density at radius 3 is 1.97 bits per heavy atom. The molecule has 4 nitrogen and oxygen atoms in total. The summed E-state index contributed by atoms with van der Waals surface area (Å²) < 4.78 is 10.7. The minimum absolute atomic E-state index is 0.636. The lowest BCUT2D eigenvalue weighted by Gasteiger charge is -2.50. The summed E-state index contributed by atoms with van der Waals surface area (Å²) in [6.07, 6.45) is 4.79. The van der Waals surface area contributed by atoms with Gasteiger partial charge in [0.15, 0.2) is 0 Å². The molecule has 3 aliphatic heterocycles. The molecular weight excluding hydrogens is 372 g/mol. The summed E-state index contributed by atoms with van der Waals surface area (Å²) in [5, 5.41) is 0. The maximum atomic E-state index is 5.33. The predicted molar refractivity (Wildman–Crippen MR) is 122 cm³/mol. The number of hydrogen-bond acceptors (Lipinski definition) is 4. The fourth-order valence-electron chi connectivity index (χ4n) is 5.10. The molecule has 5 rings (SSSR count). The molecule has 2 bridgehead atoms. The monoisotopic (exact) mass is 406 g/mol. The van der Waals surface area contributed by atoms with Crippen LogP contribution < -0.4 is 9.47 Å². The third-order valence-corrected chi connectivity index (χ3v) is 6.83. The molecule has 3 saturated heterocycles. The van der Waals surface area contributed by atoms with Crippen LogP contribution in [0.1, 0.15) is 24.0 Å². The average Bonchev–Trinajstić information content (AvgIpc) is 2.80.